The van der Waals surface area contributed by atoms with Gasteiger partial charge in [-0.2, -0.15) is 9.41 Å². The minimum absolute atomic E-state index is 0.0711. The summed E-state index contributed by atoms with van der Waals surface area (Å²) in [7, 11) is -3.98. The van der Waals surface area contributed by atoms with Gasteiger partial charge in [-0.1, -0.05) is 67.9 Å². The van der Waals surface area contributed by atoms with E-state index in [4.69, 9.17) is 0 Å². The number of hydrazone groups is 1. The van der Waals surface area contributed by atoms with E-state index in [0.29, 0.717) is 11.5 Å². The second-order valence-electron chi connectivity index (χ2n) is 8.33. The SMILES string of the molecule is Cc1ccc(S(=O)(=O)N(CC(=O)N/N=C\c2ccc(C(C)C)cc2)Cc2ccc(F)cc2)cc1. The maximum absolute atomic E-state index is 13.3. The highest BCUT2D eigenvalue weighted by atomic mass is 32.2. The molecule has 0 heterocycles. The van der Waals surface area contributed by atoms with Crippen molar-refractivity contribution in [2.75, 3.05) is 6.54 Å². The topological polar surface area (TPSA) is 78.8 Å². The average Bonchev–Trinajstić information content (AvgIpc) is 2.80. The lowest BCUT2D eigenvalue weighted by Gasteiger charge is -2.21. The predicted molar refractivity (Wildman–Crippen MR) is 131 cm³/mol. The summed E-state index contributed by atoms with van der Waals surface area (Å²) in [4.78, 5) is 12.6. The summed E-state index contributed by atoms with van der Waals surface area (Å²) >= 11 is 0. The van der Waals surface area contributed by atoms with Gasteiger partial charge < -0.3 is 0 Å². The van der Waals surface area contributed by atoms with Crippen molar-refractivity contribution < 1.29 is 17.6 Å². The van der Waals surface area contributed by atoms with Gasteiger partial charge >= 0.3 is 0 Å². The molecule has 0 spiro atoms. The van der Waals surface area contributed by atoms with E-state index in [0.717, 1.165) is 15.4 Å². The highest BCUT2D eigenvalue weighted by molar-refractivity contribution is 7.89. The summed E-state index contributed by atoms with van der Waals surface area (Å²) < 4.78 is 40.9. The van der Waals surface area contributed by atoms with Crippen molar-refractivity contribution in [2.24, 2.45) is 5.10 Å². The Kier molecular flexibility index (Phi) is 8.31. The summed E-state index contributed by atoms with van der Waals surface area (Å²) in [6.07, 6.45) is 1.50. The van der Waals surface area contributed by atoms with Crippen molar-refractivity contribution in [3.63, 3.8) is 0 Å². The van der Waals surface area contributed by atoms with Crippen molar-refractivity contribution >= 4 is 22.1 Å². The standard InChI is InChI=1S/C26H28FN3O3S/c1-19(2)23-10-6-21(7-11-23)16-28-29-26(31)18-30(17-22-8-12-24(27)13-9-22)34(32,33)25-14-4-20(3)5-15-25/h4-16,19H,17-18H2,1-3H3,(H,29,31)/b28-16-. The summed E-state index contributed by atoms with van der Waals surface area (Å²) in [6, 6.07) is 19.6. The van der Waals surface area contributed by atoms with Gasteiger partial charge in [0.15, 0.2) is 0 Å². The monoisotopic (exact) mass is 481 g/mol. The van der Waals surface area contributed by atoms with Crippen molar-refractivity contribution in [3.05, 3.63) is 101 Å². The zero-order valence-electron chi connectivity index (χ0n) is 19.4. The number of benzene rings is 3. The molecule has 0 aliphatic carbocycles. The zero-order chi connectivity index (χ0) is 24.7. The second kappa shape index (κ2) is 11.2. The van der Waals surface area contributed by atoms with E-state index in [9.17, 15) is 17.6 Å². The van der Waals surface area contributed by atoms with Gasteiger partial charge in [-0.05, 0) is 53.8 Å². The van der Waals surface area contributed by atoms with Crippen LogP contribution in [0.1, 0.15) is 42.0 Å². The van der Waals surface area contributed by atoms with Gasteiger partial charge in [-0.3, -0.25) is 4.79 Å². The Morgan fingerprint density at radius 2 is 1.62 bits per heavy atom. The number of rotatable bonds is 9. The number of sulfonamides is 1. The number of hydrogen-bond acceptors (Lipinski definition) is 4. The first kappa shape index (κ1) is 25.3. The number of nitrogens with one attached hydrogen (secondary N) is 1. The molecule has 3 rings (SSSR count). The first-order chi connectivity index (χ1) is 16.1. The molecule has 0 aliphatic heterocycles. The Labute approximate surface area is 200 Å². The van der Waals surface area contributed by atoms with Crippen LogP contribution in [0.2, 0.25) is 0 Å². The van der Waals surface area contributed by atoms with Crippen LogP contribution in [0.25, 0.3) is 0 Å². The lowest BCUT2D eigenvalue weighted by atomic mass is 10.0. The summed E-state index contributed by atoms with van der Waals surface area (Å²) in [5.74, 6) is -0.605. The molecular weight excluding hydrogens is 453 g/mol. The molecule has 0 saturated heterocycles. The quantitative estimate of drug-likeness (QED) is 0.358. The van der Waals surface area contributed by atoms with E-state index in [1.807, 2.05) is 31.2 Å². The van der Waals surface area contributed by atoms with Crippen molar-refractivity contribution in [2.45, 2.75) is 38.1 Å². The minimum atomic E-state index is -3.98. The highest BCUT2D eigenvalue weighted by Gasteiger charge is 2.27. The Bertz CT molecular complexity index is 1240. The van der Waals surface area contributed by atoms with Gasteiger partial charge in [-0.25, -0.2) is 18.2 Å². The van der Waals surface area contributed by atoms with Crippen LogP contribution in [-0.4, -0.2) is 31.4 Å². The molecule has 6 nitrogen and oxygen atoms in total. The molecular formula is C26H28FN3O3S. The van der Waals surface area contributed by atoms with Crippen LogP contribution in [0, 0.1) is 12.7 Å². The van der Waals surface area contributed by atoms with Crippen molar-refractivity contribution in [3.8, 4) is 0 Å². The molecule has 8 heteroatoms. The fourth-order valence-electron chi connectivity index (χ4n) is 3.22. The molecule has 0 fully saturated rings. The van der Waals surface area contributed by atoms with Crippen LogP contribution in [0.15, 0.2) is 82.8 Å². The maximum Gasteiger partial charge on any atom is 0.255 e. The number of aryl methyl sites for hydroxylation is 1. The molecule has 0 unspecified atom stereocenters. The molecule has 0 aliphatic rings. The van der Waals surface area contributed by atoms with E-state index in [-0.39, 0.29) is 11.4 Å². The Morgan fingerprint density at radius 1 is 1.00 bits per heavy atom. The third kappa shape index (κ3) is 6.82. The fourth-order valence-corrected chi connectivity index (χ4v) is 4.60. The third-order valence-corrected chi connectivity index (χ3v) is 7.06. The molecule has 0 saturated carbocycles. The molecule has 34 heavy (non-hydrogen) atoms. The predicted octanol–water partition coefficient (Wildman–Crippen LogP) is 4.60. The Balaban J connectivity index is 1.75. The smallest absolute Gasteiger partial charge is 0.255 e. The highest BCUT2D eigenvalue weighted by Crippen LogP contribution is 2.19. The summed E-state index contributed by atoms with van der Waals surface area (Å²) in [5.41, 5.74) is 5.86. The first-order valence-corrected chi connectivity index (χ1v) is 12.3. The first-order valence-electron chi connectivity index (χ1n) is 10.9. The molecule has 3 aromatic carbocycles. The van der Waals surface area contributed by atoms with Crippen molar-refractivity contribution in [1.82, 2.24) is 9.73 Å². The molecule has 0 aromatic heterocycles. The van der Waals surface area contributed by atoms with Crippen LogP contribution in [0.4, 0.5) is 4.39 Å². The number of nitrogens with zero attached hydrogens (tertiary/aromatic N) is 2. The van der Waals surface area contributed by atoms with Gasteiger partial charge in [0.05, 0.1) is 17.7 Å². The lowest BCUT2D eigenvalue weighted by molar-refractivity contribution is -0.121. The van der Waals surface area contributed by atoms with Crippen LogP contribution in [0.5, 0.6) is 0 Å². The van der Waals surface area contributed by atoms with Gasteiger partial charge in [0, 0.05) is 6.54 Å². The molecule has 3 aromatic rings. The average molecular weight is 482 g/mol. The van der Waals surface area contributed by atoms with E-state index in [1.54, 1.807) is 12.1 Å². The van der Waals surface area contributed by atoms with E-state index in [1.165, 1.54) is 48.2 Å². The van der Waals surface area contributed by atoms with E-state index < -0.39 is 28.3 Å². The molecule has 0 bridgehead atoms. The van der Waals surface area contributed by atoms with Crippen LogP contribution in [0.3, 0.4) is 0 Å². The van der Waals surface area contributed by atoms with Gasteiger partial charge in [0.2, 0.25) is 10.0 Å². The molecule has 0 atom stereocenters. The van der Waals surface area contributed by atoms with Crippen LogP contribution >= 0.6 is 0 Å². The normalized spacial score (nSPS) is 11.9. The van der Waals surface area contributed by atoms with E-state index in [2.05, 4.69) is 24.4 Å². The number of hydrogen-bond donors (Lipinski definition) is 1. The van der Waals surface area contributed by atoms with Crippen LogP contribution < -0.4 is 5.43 Å². The summed E-state index contributed by atoms with van der Waals surface area (Å²) in [5, 5.41) is 3.96. The molecule has 1 N–H and O–H groups in total. The lowest BCUT2D eigenvalue weighted by Crippen LogP contribution is -2.39. The fraction of sp³-hybridized carbons (Fsp3) is 0.231. The Hall–Kier alpha value is -3.36. The number of halogens is 1. The van der Waals surface area contributed by atoms with E-state index >= 15 is 0 Å². The second-order valence-corrected chi connectivity index (χ2v) is 10.3. The molecule has 178 valence electrons. The minimum Gasteiger partial charge on any atom is -0.272 e. The number of amides is 1. The maximum atomic E-state index is 13.3. The molecule has 0 radical (unpaired) electrons. The molecule has 1 amide bonds. The third-order valence-electron chi connectivity index (χ3n) is 5.26. The van der Waals surface area contributed by atoms with Gasteiger partial charge in [0.25, 0.3) is 5.91 Å². The van der Waals surface area contributed by atoms with Crippen LogP contribution in [-0.2, 0) is 21.4 Å². The van der Waals surface area contributed by atoms with Gasteiger partial charge in [0.1, 0.15) is 5.82 Å². The zero-order valence-corrected chi connectivity index (χ0v) is 20.2. The van der Waals surface area contributed by atoms with Gasteiger partial charge in [-0.15, -0.1) is 0 Å². The number of carbonyl (C=O) groups excluding carboxylic acids is 1. The summed E-state index contributed by atoms with van der Waals surface area (Å²) in [6.45, 7) is 5.52. The number of carbonyl (C=O) groups is 1. The Morgan fingerprint density at radius 3 is 2.21 bits per heavy atom. The van der Waals surface area contributed by atoms with Crippen molar-refractivity contribution in [1.29, 1.82) is 0 Å². The largest absolute Gasteiger partial charge is 0.272 e.